The summed E-state index contributed by atoms with van der Waals surface area (Å²) in [5.74, 6) is 1.58. The van der Waals surface area contributed by atoms with Crippen LogP contribution in [0.2, 0.25) is 0 Å². The van der Waals surface area contributed by atoms with Crippen LogP contribution in [0, 0.1) is 6.92 Å². The lowest BCUT2D eigenvalue weighted by Crippen LogP contribution is -2.08. The molecule has 0 aromatic carbocycles. The predicted molar refractivity (Wildman–Crippen MR) is 88.3 cm³/mol. The Bertz CT molecular complexity index is 685. The van der Waals surface area contributed by atoms with Gasteiger partial charge in [-0.1, -0.05) is 24.5 Å². The van der Waals surface area contributed by atoms with E-state index in [9.17, 15) is 0 Å². The Morgan fingerprint density at radius 1 is 1.09 bits per heavy atom. The highest BCUT2D eigenvalue weighted by Crippen LogP contribution is 2.31. The van der Waals surface area contributed by atoms with Gasteiger partial charge in [-0.05, 0) is 44.6 Å². The SMILES string of the molecule is Cc1nc(CCn2cc(C3CCCCC3)nn2)nc2c1CCC2. The first-order valence-electron chi connectivity index (χ1n) is 9.05. The van der Waals surface area contributed by atoms with Crippen molar-refractivity contribution in [3.8, 4) is 0 Å². The van der Waals surface area contributed by atoms with E-state index in [4.69, 9.17) is 4.98 Å². The van der Waals surface area contributed by atoms with Gasteiger partial charge in [0.25, 0.3) is 0 Å². The first-order chi connectivity index (χ1) is 11.3. The lowest BCUT2D eigenvalue weighted by Gasteiger charge is -2.18. The Balaban J connectivity index is 1.41. The summed E-state index contributed by atoms with van der Waals surface area (Å²) in [4.78, 5) is 9.44. The van der Waals surface area contributed by atoms with Crippen molar-refractivity contribution in [2.24, 2.45) is 0 Å². The fourth-order valence-corrected chi connectivity index (χ4v) is 4.02. The fraction of sp³-hybridized carbons (Fsp3) is 0.667. The van der Waals surface area contributed by atoms with E-state index in [1.807, 2.05) is 4.68 Å². The molecule has 2 heterocycles. The summed E-state index contributed by atoms with van der Waals surface area (Å²) in [5.41, 5.74) is 5.00. The van der Waals surface area contributed by atoms with Gasteiger partial charge < -0.3 is 0 Å². The Morgan fingerprint density at radius 3 is 2.83 bits per heavy atom. The lowest BCUT2D eigenvalue weighted by atomic mass is 9.87. The molecule has 0 saturated heterocycles. The van der Waals surface area contributed by atoms with Gasteiger partial charge in [0, 0.05) is 36.5 Å². The number of aryl methyl sites for hydroxylation is 4. The van der Waals surface area contributed by atoms with E-state index in [-0.39, 0.29) is 0 Å². The minimum Gasteiger partial charge on any atom is -0.252 e. The molecule has 0 N–H and O–H groups in total. The van der Waals surface area contributed by atoms with Crippen molar-refractivity contribution in [1.29, 1.82) is 0 Å². The molecule has 0 spiro atoms. The van der Waals surface area contributed by atoms with Gasteiger partial charge >= 0.3 is 0 Å². The third kappa shape index (κ3) is 3.14. The highest BCUT2D eigenvalue weighted by molar-refractivity contribution is 5.29. The Morgan fingerprint density at radius 2 is 1.96 bits per heavy atom. The second-order valence-corrected chi connectivity index (χ2v) is 7.00. The zero-order chi connectivity index (χ0) is 15.6. The van der Waals surface area contributed by atoms with Gasteiger partial charge in [-0.2, -0.15) is 0 Å². The summed E-state index contributed by atoms with van der Waals surface area (Å²) in [5, 5.41) is 8.71. The summed E-state index contributed by atoms with van der Waals surface area (Å²) in [6, 6.07) is 0. The minimum absolute atomic E-state index is 0.621. The molecule has 2 aliphatic carbocycles. The summed E-state index contributed by atoms with van der Waals surface area (Å²) < 4.78 is 1.97. The van der Waals surface area contributed by atoms with Gasteiger partial charge in [0.2, 0.25) is 0 Å². The Kier molecular flexibility index (Phi) is 4.10. The topological polar surface area (TPSA) is 56.5 Å². The van der Waals surface area contributed by atoms with Gasteiger partial charge in [0.1, 0.15) is 5.82 Å². The molecule has 2 aromatic heterocycles. The molecule has 5 heteroatoms. The van der Waals surface area contributed by atoms with Crippen molar-refractivity contribution in [3.63, 3.8) is 0 Å². The van der Waals surface area contributed by atoms with Crippen molar-refractivity contribution in [2.75, 3.05) is 0 Å². The smallest absolute Gasteiger partial charge is 0.130 e. The van der Waals surface area contributed by atoms with Crippen molar-refractivity contribution in [3.05, 3.63) is 34.7 Å². The second-order valence-electron chi connectivity index (χ2n) is 7.00. The highest BCUT2D eigenvalue weighted by Gasteiger charge is 2.19. The third-order valence-electron chi connectivity index (χ3n) is 5.33. The molecule has 2 aliphatic rings. The van der Waals surface area contributed by atoms with Gasteiger partial charge in [0.05, 0.1) is 5.69 Å². The normalized spacial score (nSPS) is 18.3. The molecule has 122 valence electrons. The highest BCUT2D eigenvalue weighted by atomic mass is 15.4. The first kappa shape index (κ1) is 14.8. The largest absolute Gasteiger partial charge is 0.252 e. The van der Waals surface area contributed by atoms with Gasteiger partial charge in [-0.3, -0.25) is 4.68 Å². The molecule has 2 aromatic rings. The summed E-state index contributed by atoms with van der Waals surface area (Å²) in [6.45, 7) is 2.93. The zero-order valence-electron chi connectivity index (χ0n) is 14.0. The number of rotatable bonds is 4. The van der Waals surface area contributed by atoms with Crippen LogP contribution < -0.4 is 0 Å². The Hall–Kier alpha value is -1.78. The van der Waals surface area contributed by atoms with Crippen LogP contribution in [-0.4, -0.2) is 25.0 Å². The lowest BCUT2D eigenvalue weighted by molar-refractivity contribution is 0.436. The molecule has 0 atom stereocenters. The monoisotopic (exact) mass is 311 g/mol. The number of aromatic nitrogens is 5. The average molecular weight is 311 g/mol. The maximum Gasteiger partial charge on any atom is 0.130 e. The zero-order valence-corrected chi connectivity index (χ0v) is 14.0. The molecule has 0 bridgehead atoms. The van der Waals surface area contributed by atoms with Gasteiger partial charge in [0.15, 0.2) is 0 Å². The van der Waals surface area contributed by atoms with E-state index in [2.05, 4.69) is 28.4 Å². The van der Waals surface area contributed by atoms with E-state index >= 15 is 0 Å². The average Bonchev–Trinajstić information content (AvgIpc) is 3.23. The van der Waals surface area contributed by atoms with Crippen LogP contribution in [0.3, 0.4) is 0 Å². The fourth-order valence-electron chi connectivity index (χ4n) is 4.02. The van der Waals surface area contributed by atoms with Crippen LogP contribution in [0.4, 0.5) is 0 Å². The minimum atomic E-state index is 0.621. The number of hydrogen-bond donors (Lipinski definition) is 0. The van der Waals surface area contributed by atoms with Crippen molar-refractivity contribution in [1.82, 2.24) is 25.0 Å². The number of fused-ring (bicyclic) bond motifs is 1. The Labute approximate surface area is 137 Å². The molecular weight excluding hydrogens is 286 g/mol. The summed E-state index contributed by atoms with van der Waals surface area (Å²) >= 11 is 0. The van der Waals surface area contributed by atoms with E-state index in [1.54, 1.807) is 0 Å². The maximum absolute atomic E-state index is 4.75. The van der Waals surface area contributed by atoms with Crippen LogP contribution in [0.5, 0.6) is 0 Å². The standard InChI is InChI=1S/C18H25N5/c1-13-15-8-5-9-16(15)20-18(19-13)10-11-23-12-17(21-22-23)14-6-3-2-4-7-14/h12,14H,2-11H2,1H3. The summed E-state index contributed by atoms with van der Waals surface area (Å²) in [6.07, 6.45) is 13.0. The molecule has 23 heavy (non-hydrogen) atoms. The second kappa shape index (κ2) is 6.38. The maximum atomic E-state index is 4.75. The first-order valence-corrected chi connectivity index (χ1v) is 9.05. The molecule has 0 aliphatic heterocycles. The molecule has 4 rings (SSSR count). The molecule has 1 saturated carbocycles. The van der Waals surface area contributed by atoms with E-state index in [0.717, 1.165) is 31.6 Å². The predicted octanol–water partition coefficient (Wildman–Crippen LogP) is 3.16. The molecule has 1 fully saturated rings. The molecule has 0 amide bonds. The van der Waals surface area contributed by atoms with Crippen molar-refractivity contribution < 1.29 is 0 Å². The van der Waals surface area contributed by atoms with E-state index < -0.39 is 0 Å². The van der Waals surface area contributed by atoms with Crippen LogP contribution >= 0.6 is 0 Å². The quantitative estimate of drug-likeness (QED) is 0.870. The summed E-state index contributed by atoms with van der Waals surface area (Å²) in [7, 11) is 0. The molecule has 0 unspecified atom stereocenters. The van der Waals surface area contributed by atoms with E-state index in [1.165, 1.54) is 61.2 Å². The number of nitrogens with zero attached hydrogens (tertiary/aromatic N) is 5. The van der Waals surface area contributed by atoms with E-state index in [0.29, 0.717) is 5.92 Å². The van der Waals surface area contributed by atoms with Gasteiger partial charge in [-0.25, -0.2) is 9.97 Å². The number of hydrogen-bond acceptors (Lipinski definition) is 4. The van der Waals surface area contributed by atoms with Crippen molar-refractivity contribution >= 4 is 0 Å². The van der Waals surface area contributed by atoms with Crippen LogP contribution in [-0.2, 0) is 25.8 Å². The van der Waals surface area contributed by atoms with Crippen molar-refractivity contribution in [2.45, 2.75) is 77.2 Å². The van der Waals surface area contributed by atoms with Crippen LogP contribution in [0.1, 0.15) is 72.9 Å². The molecule has 0 radical (unpaired) electrons. The molecular formula is C18H25N5. The van der Waals surface area contributed by atoms with Crippen LogP contribution in [0.25, 0.3) is 0 Å². The van der Waals surface area contributed by atoms with Gasteiger partial charge in [-0.15, -0.1) is 5.10 Å². The third-order valence-corrected chi connectivity index (χ3v) is 5.33. The molecule has 5 nitrogen and oxygen atoms in total. The van der Waals surface area contributed by atoms with Crippen LogP contribution in [0.15, 0.2) is 6.20 Å².